The summed E-state index contributed by atoms with van der Waals surface area (Å²) in [5.41, 5.74) is 2.88. The number of rotatable bonds is 0. The summed E-state index contributed by atoms with van der Waals surface area (Å²) < 4.78 is 0. The predicted octanol–water partition coefficient (Wildman–Crippen LogP) is 4.05. The van der Waals surface area contributed by atoms with Crippen LogP contribution in [0.2, 0.25) is 0 Å². The molecule has 15 heavy (non-hydrogen) atoms. The molecule has 0 heteroatoms. The molecule has 74 valence electrons. The first-order chi connectivity index (χ1) is 7.33. The Hall–Kier alpha value is -1.56. The van der Waals surface area contributed by atoms with Crippen LogP contribution in [0.15, 0.2) is 42.5 Å². The van der Waals surface area contributed by atoms with Crippen molar-refractivity contribution in [1.82, 2.24) is 0 Å². The molecule has 2 aromatic rings. The Kier molecular flexibility index (Phi) is 1.88. The number of allylic oxidation sites excluding steroid dienone is 1. The molecule has 0 saturated heterocycles. The minimum absolute atomic E-state index is 0.679. The third kappa shape index (κ3) is 1.46. The molecule has 1 aliphatic carbocycles. The maximum Gasteiger partial charge on any atom is -0.0178 e. The van der Waals surface area contributed by atoms with Gasteiger partial charge in [0.1, 0.15) is 0 Å². The average Bonchev–Trinajstić information content (AvgIpc) is 2.26. The zero-order valence-electron chi connectivity index (χ0n) is 8.90. The van der Waals surface area contributed by atoms with Crippen LogP contribution in [0, 0.1) is 5.92 Å². The molecule has 0 aliphatic heterocycles. The van der Waals surface area contributed by atoms with Gasteiger partial charge in [0.25, 0.3) is 0 Å². The molecule has 1 aliphatic rings. The Labute approximate surface area is 90.2 Å². The number of fused-ring (bicyclic) bond motifs is 2. The Morgan fingerprint density at radius 2 is 1.80 bits per heavy atom. The van der Waals surface area contributed by atoms with Gasteiger partial charge in [-0.2, -0.15) is 0 Å². The Balaban J connectivity index is 2.26. The molecular formula is C15H14. The molecule has 0 amide bonds. The Bertz CT molecular complexity index is 535. The van der Waals surface area contributed by atoms with Gasteiger partial charge in [0.15, 0.2) is 0 Å². The van der Waals surface area contributed by atoms with Gasteiger partial charge in [-0.1, -0.05) is 49.4 Å². The number of benzene rings is 2. The van der Waals surface area contributed by atoms with E-state index < -0.39 is 0 Å². The molecule has 3 rings (SSSR count). The van der Waals surface area contributed by atoms with Gasteiger partial charge in [0.05, 0.1) is 0 Å². The zero-order chi connectivity index (χ0) is 10.3. The molecule has 0 unspecified atom stereocenters. The van der Waals surface area contributed by atoms with E-state index in [1.54, 1.807) is 0 Å². The zero-order valence-corrected chi connectivity index (χ0v) is 8.90. The summed E-state index contributed by atoms with van der Waals surface area (Å²) in [5.74, 6) is 0.679. The molecule has 0 radical (unpaired) electrons. The van der Waals surface area contributed by atoms with Crippen molar-refractivity contribution in [3.8, 4) is 0 Å². The molecule has 1 atom stereocenters. The second kappa shape index (κ2) is 3.23. The lowest BCUT2D eigenvalue weighted by Crippen LogP contribution is -2.02. The molecule has 0 spiro atoms. The third-order valence-corrected chi connectivity index (χ3v) is 3.15. The summed E-state index contributed by atoms with van der Waals surface area (Å²) in [6.07, 6.45) is 5.74. The summed E-state index contributed by atoms with van der Waals surface area (Å²) in [4.78, 5) is 0. The Morgan fingerprint density at radius 3 is 2.60 bits per heavy atom. The van der Waals surface area contributed by atoms with Crippen LogP contribution < -0.4 is 0 Å². The van der Waals surface area contributed by atoms with Gasteiger partial charge in [0.2, 0.25) is 0 Å². The quantitative estimate of drug-likeness (QED) is 0.593. The van der Waals surface area contributed by atoms with Crippen LogP contribution in [0.5, 0.6) is 0 Å². The minimum Gasteiger partial charge on any atom is -0.0808 e. The van der Waals surface area contributed by atoms with Crippen molar-refractivity contribution in [2.24, 2.45) is 5.92 Å². The predicted molar refractivity (Wildman–Crippen MR) is 65.9 cm³/mol. The maximum absolute atomic E-state index is 2.34. The third-order valence-electron chi connectivity index (χ3n) is 3.15. The fourth-order valence-corrected chi connectivity index (χ4v) is 2.32. The van der Waals surface area contributed by atoms with E-state index in [-0.39, 0.29) is 0 Å². The normalized spacial score (nSPS) is 19.1. The van der Waals surface area contributed by atoms with Crippen LogP contribution >= 0.6 is 0 Å². The van der Waals surface area contributed by atoms with E-state index in [4.69, 9.17) is 0 Å². The van der Waals surface area contributed by atoms with Gasteiger partial charge < -0.3 is 0 Å². The lowest BCUT2D eigenvalue weighted by Gasteiger charge is -2.16. The van der Waals surface area contributed by atoms with Gasteiger partial charge in [-0.25, -0.2) is 0 Å². The van der Waals surface area contributed by atoms with Crippen molar-refractivity contribution in [3.05, 3.63) is 53.6 Å². The fourth-order valence-electron chi connectivity index (χ4n) is 2.32. The largest absolute Gasteiger partial charge is 0.0808 e. The van der Waals surface area contributed by atoms with Crippen LogP contribution in [0.4, 0.5) is 0 Å². The number of hydrogen-bond donors (Lipinski definition) is 0. The van der Waals surface area contributed by atoms with Crippen LogP contribution in [0.25, 0.3) is 16.8 Å². The first-order valence-electron chi connectivity index (χ1n) is 5.53. The van der Waals surface area contributed by atoms with Crippen molar-refractivity contribution < 1.29 is 0 Å². The Morgan fingerprint density at radius 1 is 1.07 bits per heavy atom. The minimum atomic E-state index is 0.679. The summed E-state index contributed by atoms with van der Waals surface area (Å²) >= 11 is 0. The van der Waals surface area contributed by atoms with Crippen molar-refractivity contribution in [2.45, 2.75) is 13.3 Å². The number of hydrogen-bond acceptors (Lipinski definition) is 0. The van der Waals surface area contributed by atoms with E-state index >= 15 is 0 Å². The van der Waals surface area contributed by atoms with Crippen LogP contribution in [0.1, 0.15) is 18.1 Å². The van der Waals surface area contributed by atoms with E-state index in [9.17, 15) is 0 Å². The second-order valence-electron chi connectivity index (χ2n) is 4.44. The molecule has 0 fully saturated rings. The first-order valence-corrected chi connectivity index (χ1v) is 5.53. The highest BCUT2D eigenvalue weighted by Gasteiger charge is 2.10. The molecule has 0 N–H and O–H groups in total. The van der Waals surface area contributed by atoms with Gasteiger partial charge >= 0.3 is 0 Å². The molecule has 0 nitrogen and oxygen atoms in total. The highest BCUT2D eigenvalue weighted by molar-refractivity contribution is 5.86. The van der Waals surface area contributed by atoms with E-state index in [2.05, 4.69) is 55.5 Å². The summed E-state index contributed by atoms with van der Waals surface area (Å²) in [5, 5.41) is 2.70. The monoisotopic (exact) mass is 194 g/mol. The van der Waals surface area contributed by atoms with Crippen molar-refractivity contribution in [2.75, 3.05) is 0 Å². The SMILES string of the molecule is C[C@@H]1C=Cc2cc3ccccc3cc2C1. The lowest BCUT2D eigenvalue weighted by molar-refractivity contribution is 0.718. The van der Waals surface area contributed by atoms with E-state index in [0.717, 1.165) is 0 Å². The average molecular weight is 194 g/mol. The molecule has 0 saturated carbocycles. The van der Waals surface area contributed by atoms with Crippen LogP contribution in [-0.4, -0.2) is 0 Å². The molecule has 0 heterocycles. The summed E-state index contributed by atoms with van der Waals surface area (Å²) in [7, 11) is 0. The van der Waals surface area contributed by atoms with Crippen molar-refractivity contribution in [3.63, 3.8) is 0 Å². The van der Waals surface area contributed by atoms with E-state index in [1.165, 1.54) is 28.3 Å². The van der Waals surface area contributed by atoms with E-state index in [1.807, 2.05) is 0 Å². The molecule has 2 aromatic carbocycles. The second-order valence-corrected chi connectivity index (χ2v) is 4.44. The summed E-state index contributed by atoms with van der Waals surface area (Å²) in [6.45, 7) is 2.27. The highest BCUT2D eigenvalue weighted by Crippen LogP contribution is 2.27. The maximum atomic E-state index is 2.34. The topological polar surface area (TPSA) is 0 Å². The van der Waals surface area contributed by atoms with Gasteiger partial charge in [-0.15, -0.1) is 0 Å². The van der Waals surface area contributed by atoms with Gasteiger partial charge in [-0.05, 0) is 40.3 Å². The van der Waals surface area contributed by atoms with Crippen LogP contribution in [-0.2, 0) is 6.42 Å². The summed E-state index contributed by atoms with van der Waals surface area (Å²) in [6, 6.07) is 13.2. The fraction of sp³-hybridized carbons (Fsp3) is 0.200. The van der Waals surface area contributed by atoms with Crippen molar-refractivity contribution in [1.29, 1.82) is 0 Å². The lowest BCUT2D eigenvalue weighted by atomic mass is 9.89. The first kappa shape index (κ1) is 8.72. The van der Waals surface area contributed by atoms with Gasteiger partial charge in [-0.3, -0.25) is 0 Å². The molecular weight excluding hydrogens is 180 g/mol. The molecule has 0 bridgehead atoms. The molecule has 0 aromatic heterocycles. The standard InChI is InChI=1S/C15H14/c1-11-6-7-14-9-12-4-2-3-5-13(12)10-15(14)8-11/h2-7,9-11H,8H2,1H3/t11-/m1/s1. The van der Waals surface area contributed by atoms with E-state index in [0.29, 0.717) is 5.92 Å². The van der Waals surface area contributed by atoms with Crippen LogP contribution in [0.3, 0.4) is 0 Å². The van der Waals surface area contributed by atoms with Gasteiger partial charge in [0, 0.05) is 0 Å². The smallest absolute Gasteiger partial charge is 0.0178 e. The van der Waals surface area contributed by atoms with Crippen molar-refractivity contribution >= 4 is 16.8 Å². The highest BCUT2D eigenvalue weighted by atomic mass is 14.1.